The number of aliphatic carboxylic acids is 1. The normalized spacial score (nSPS) is 26.4. The molecule has 3 fully saturated rings. The molecule has 1 aromatic heterocycles. The summed E-state index contributed by atoms with van der Waals surface area (Å²) < 4.78 is 29.2. The summed E-state index contributed by atoms with van der Waals surface area (Å²) in [6.07, 6.45) is 2.36. The number of amides is 3. The molecule has 6 unspecified atom stereocenters. The summed E-state index contributed by atoms with van der Waals surface area (Å²) in [4.78, 5) is 68.9. The first-order valence-electron chi connectivity index (χ1n) is 16.1. The Morgan fingerprint density at radius 3 is 2.46 bits per heavy atom. The summed E-state index contributed by atoms with van der Waals surface area (Å²) in [5.74, 6) is -3.00. The number of carboxylic acid groups (broad SMARTS) is 1. The van der Waals surface area contributed by atoms with Gasteiger partial charge < -0.3 is 20.1 Å². The van der Waals surface area contributed by atoms with Crippen molar-refractivity contribution in [2.24, 2.45) is 34.7 Å². The third-order valence-electron chi connectivity index (χ3n) is 10.2. The maximum Gasteiger partial charge on any atom is 0.305 e. The van der Waals surface area contributed by atoms with Crippen LogP contribution in [0.3, 0.4) is 0 Å². The fourth-order valence-corrected chi connectivity index (χ4v) is 11.9. The van der Waals surface area contributed by atoms with Crippen LogP contribution in [0.25, 0.3) is 0 Å². The van der Waals surface area contributed by atoms with Crippen LogP contribution in [0.4, 0.5) is 5.69 Å². The number of fused-ring (bicyclic) bond motifs is 9. The number of aromatic nitrogens is 1. The van der Waals surface area contributed by atoms with E-state index in [-0.39, 0.29) is 64.2 Å². The zero-order valence-corrected chi connectivity index (χ0v) is 29.6. The summed E-state index contributed by atoms with van der Waals surface area (Å²) >= 11 is 9.20. The van der Waals surface area contributed by atoms with Crippen LogP contribution < -0.4 is 20.1 Å². The van der Waals surface area contributed by atoms with Gasteiger partial charge in [-0.3, -0.25) is 28.9 Å². The van der Waals surface area contributed by atoms with Crippen LogP contribution in [0.15, 0.2) is 57.2 Å². The number of nitrogens with zero attached hydrogens (tertiary/aromatic N) is 1. The van der Waals surface area contributed by atoms with Crippen molar-refractivity contribution >= 4 is 74.1 Å². The second-order valence-corrected chi connectivity index (χ2v) is 17.3. The number of unbranched alkanes of at least 4 members (excludes halogenated alkanes) is 2. The van der Waals surface area contributed by atoms with E-state index in [1.54, 1.807) is 30.0 Å². The van der Waals surface area contributed by atoms with Gasteiger partial charge in [-0.05, 0) is 79.5 Å². The number of ether oxygens (including phenoxy) is 1. The van der Waals surface area contributed by atoms with Gasteiger partial charge in [0.1, 0.15) is 5.75 Å². The van der Waals surface area contributed by atoms with Gasteiger partial charge in [0.25, 0.3) is 5.91 Å². The van der Waals surface area contributed by atoms with Crippen molar-refractivity contribution in [2.45, 2.75) is 53.2 Å². The molecule has 3 amide bonds. The average molecular weight is 761 g/mol. The highest BCUT2D eigenvalue weighted by atomic mass is 35.5. The number of carbonyl (C=O) groups excluding carboxylic acids is 3. The quantitative estimate of drug-likeness (QED) is 0.155. The molecule has 1 saturated heterocycles. The van der Waals surface area contributed by atoms with Gasteiger partial charge in [0, 0.05) is 45.3 Å². The number of likely N-dealkylation sites (tertiary alicyclic amines) is 1. The minimum Gasteiger partial charge on any atom is -0.483 e. The monoisotopic (exact) mass is 760 g/mol. The summed E-state index contributed by atoms with van der Waals surface area (Å²) in [6.45, 7) is -0.122. The van der Waals surface area contributed by atoms with Crippen LogP contribution in [-0.4, -0.2) is 65.5 Å². The van der Waals surface area contributed by atoms with Crippen LogP contribution in [0.2, 0.25) is 5.02 Å². The van der Waals surface area contributed by atoms with Gasteiger partial charge in [0.05, 0.1) is 21.8 Å². The van der Waals surface area contributed by atoms with Gasteiger partial charge in [-0.2, -0.15) is 0 Å². The number of primary sulfonamides is 1. The molecule has 2 saturated carbocycles. The Labute approximate surface area is 300 Å². The Hall–Kier alpha value is -3.70. The summed E-state index contributed by atoms with van der Waals surface area (Å²) in [5.41, 5.74) is 1.02. The van der Waals surface area contributed by atoms with E-state index >= 15 is 0 Å². The number of nitrogens with one attached hydrogen (secondary N) is 2. The van der Waals surface area contributed by atoms with Crippen molar-refractivity contribution in [1.29, 1.82) is 0 Å². The smallest absolute Gasteiger partial charge is 0.305 e. The van der Waals surface area contributed by atoms with Crippen molar-refractivity contribution < 1.29 is 37.4 Å². The molecule has 2 bridgehead atoms. The van der Waals surface area contributed by atoms with E-state index in [0.717, 1.165) is 16.2 Å². The fraction of sp³-hybridized carbons (Fsp3) is 0.424. The van der Waals surface area contributed by atoms with Crippen molar-refractivity contribution in [3.63, 3.8) is 0 Å². The van der Waals surface area contributed by atoms with Gasteiger partial charge in [0.15, 0.2) is 6.61 Å². The Kier molecular flexibility index (Phi) is 9.34. The Morgan fingerprint density at radius 2 is 1.76 bits per heavy atom. The minimum absolute atomic E-state index is 0.0443. The standard InChI is InChI=1S/C33H33ClN4O9S3/c34-15-5-10-21(47-14-22(39)36-16-6-8-17(9-7-16)50(35,45)46)18(12-15)24-25-19-13-20(28(25)48-30-29(24)49-33(44)37-30)27-26(19)31(42)38(32(27)43)11-3-1-2-4-23(40)41/h5-10,12,19-20,24-28H,1-4,11,13-14H2,(H,36,39)(H,37,44)(H,40,41)(H2,35,45,46)/t19?,20?,24-,25?,26?,27?,28?/m1/s1. The maximum absolute atomic E-state index is 13.9. The number of sulfonamides is 1. The van der Waals surface area contributed by atoms with Crippen LogP contribution in [0.5, 0.6) is 5.75 Å². The minimum atomic E-state index is -3.89. The van der Waals surface area contributed by atoms with Gasteiger partial charge in [-0.1, -0.05) is 29.4 Å². The SMILES string of the molecule is NS(=O)(=O)c1ccc(NC(=O)COc2ccc(Cl)cc2[C@H]2c3sc(=O)[nH]c3SC3C4CC(C5C(=O)N(CCCCCC(=O)O)C(=O)C45)C32)cc1. The third kappa shape index (κ3) is 6.36. The lowest BCUT2D eigenvalue weighted by Crippen LogP contribution is -2.42. The molecule has 4 aliphatic rings. The lowest BCUT2D eigenvalue weighted by Gasteiger charge is -2.43. The molecule has 50 heavy (non-hydrogen) atoms. The predicted octanol–water partition coefficient (Wildman–Crippen LogP) is 3.87. The van der Waals surface area contributed by atoms with E-state index in [1.165, 1.54) is 29.2 Å². The van der Waals surface area contributed by atoms with Crippen LogP contribution in [-0.2, 0) is 29.2 Å². The fourth-order valence-electron chi connectivity index (χ4n) is 8.33. The third-order valence-corrected chi connectivity index (χ3v) is 14.0. The topological polar surface area (TPSA) is 206 Å². The number of hydrogen-bond donors (Lipinski definition) is 4. The second-order valence-electron chi connectivity index (χ2n) is 13.1. The van der Waals surface area contributed by atoms with Gasteiger partial charge in [0.2, 0.25) is 21.8 Å². The van der Waals surface area contributed by atoms with E-state index in [0.29, 0.717) is 52.7 Å². The van der Waals surface area contributed by atoms with Crippen molar-refractivity contribution in [2.75, 3.05) is 18.5 Å². The van der Waals surface area contributed by atoms with Gasteiger partial charge >= 0.3 is 10.8 Å². The molecule has 3 aromatic rings. The number of aromatic amines is 1. The molecule has 7 rings (SSSR count). The number of imide groups is 1. The number of anilines is 1. The molecule has 264 valence electrons. The molecule has 2 aliphatic heterocycles. The zero-order chi connectivity index (χ0) is 35.5. The number of thioether (sulfide) groups is 1. The largest absolute Gasteiger partial charge is 0.483 e. The molecular formula is C33H33ClN4O9S3. The number of thiazole rings is 1. The van der Waals surface area contributed by atoms with Crippen molar-refractivity contribution in [1.82, 2.24) is 9.88 Å². The first-order valence-corrected chi connectivity index (χ1v) is 19.8. The second kappa shape index (κ2) is 13.5. The highest BCUT2D eigenvalue weighted by molar-refractivity contribution is 8.00. The van der Waals surface area contributed by atoms with Gasteiger partial charge in [-0.15, -0.1) is 11.8 Å². The molecule has 13 nitrogen and oxygen atoms in total. The zero-order valence-electron chi connectivity index (χ0n) is 26.4. The number of carboxylic acids is 1. The van der Waals surface area contributed by atoms with E-state index in [1.807, 2.05) is 0 Å². The number of carbonyl (C=O) groups is 4. The lowest BCUT2D eigenvalue weighted by atomic mass is 9.68. The summed E-state index contributed by atoms with van der Waals surface area (Å²) in [5, 5.41) is 17.8. The molecule has 3 heterocycles. The van der Waals surface area contributed by atoms with E-state index < -0.39 is 39.7 Å². The van der Waals surface area contributed by atoms with Crippen LogP contribution in [0.1, 0.15) is 48.5 Å². The first-order chi connectivity index (χ1) is 23.8. The van der Waals surface area contributed by atoms with Crippen LogP contribution in [0, 0.1) is 29.6 Å². The Morgan fingerprint density at radius 1 is 1.04 bits per heavy atom. The maximum atomic E-state index is 13.9. The number of H-pyrrole nitrogens is 1. The van der Waals surface area contributed by atoms with Crippen LogP contribution >= 0.6 is 34.7 Å². The summed E-state index contributed by atoms with van der Waals surface area (Å²) in [7, 11) is -3.89. The number of nitrogens with two attached hydrogens (primary N) is 1. The predicted molar refractivity (Wildman–Crippen MR) is 185 cm³/mol. The highest BCUT2D eigenvalue weighted by Gasteiger charge is 2.69. The number of hydrogen-bond acceptors (Lipinski definition) is 10. The van der Waals surface area contributed by atoms with E-state index in [4.69, 9.17) is 26.6 Å². The van der Waals surface area contributed by atoms with Gasteiger partial charge in [-0.25, -0.2) is 13.6 Å². The molecule has 17 heteroatoms. The van der Waals surface area contributed by atoms with Crippen molar-refractivity contribution in [3.8, 4) is 5.75 Å². The number of halogens is 1. The molecule has 5 N–H and O–H groups in total. The van der Waals surface area contributed by atoms with E-state index in [2.05, 4.69) is 10.3 Å². The summed E-state index contributed by atoms with van der Waals surface area (Å²) in [6, 6.07) is 10.5. The number of rotatable bonds is 12. The molecule has 2 aliphatic carbocycles. The number of benzene rings is 2. The Bertz CT molecular complexity index is 2050. The van der Waals surface area contributed by atoms with E-state index in [9.17, 15) is 32.4 Å². The first kappa shape index (κ1) is 34.7. The molecule has 7 atom stereocenters. The highest BCUT2D eigenvalue weighted by Crippen LogP contribution is 2.69. The lowest BCUT2D eigenvalue weighted by molar-refractivity contribution is -0.141. The molecule has 2 aromatic carbocycles. The van der Waals surface area contributed by atoms with Crippen molar-refractivity contribution in [3.05, 3.63) is 67.6 Å². The average Bonchev–Trinajstić information content (AvgIpc) is 3.79. The molecular weight excluding hydrogens is 728 g/mol. The molecule has 0 radical (unpaired) electrons. The Balaban J connectivity index is 1.14. The molecule has 0 spiro atoms.